The topological polar surface area (TPSA) is 72.9 Å². The highest BCUT2D eigenvalue weighted by Crippen LogP contribution is 2.01. The van der Waals surface area contributed by atoms with Gasteiger partial charge in [0.25, 0.3) is 0 Å². The first-order valence-corrected chi connectivity index (χ1v) is 6.01. The monoisotopic (exact) mass is 238 g/mol. The molecule has 0 spiro atoms. The third-order valence-electron chi connectivity index (χ3n) is 2.90. The Morgan fingerprint density at radius 3 is 2.82 bits per heavy atom. The normalized spacial score (nSPS) is 14.4. The van der Waals surface area contributed by atoms with Gasteiger partial charge in [0, 0.05) is 31.7 Å². The van der Waals surface area contributed by atoms with Crippen molar-refractivity contribution >= 4 is 5.91 Å². The van der Waals surface area contributed by atoms with Crippen LogP contribution in [0.4, 0.5) is 0 Å². The van der Waals surface area contributed by atoms with Gasteiger partial charge in [0.05, 0.1) is 6.20 Å². The highest BCUT2D eigenvalue weighted by molar-refractivity contribution is 5.78. The second-order valence-electron chi connectivity index (χ2n) is 4.56. The summed E-state index contributed by atoms with van der Waals surface area (Å²) in [6, 6.07) is -0.103. The van der Waals surface area contributed by atoms with Gasteiger partial charge in [0.2, 0.25) is 5.91 Å². The van der Waals surface area contributed by atoms with Crippen molar-refractivity contribution in [1.29, 1.82) is 0 Å². The second kappa shape index (κ2) is 6.39. The Hall–Kier alpha value is -1.36. The number of aryl methyl sites for hydroxylation is 2. The van der Waals surface area contributed by atoms with Crippen LogP contribution in [0, 0.1) is 5.92 Å². The Kier molecular flexibility index (Phi) is 5.15. The van der Waals surface area contributed by atoms with Crippen LogP contribution in [0.15, 0.2) is 12.4 Å². The summed E-state index contributed by atoms with van der Waals surface area (Å²) in [5.74, 6) is -0.0976. The summed E-state index contributed by atoms with van der Waals surface area (Å²) in [4.78, 5) is 11.6. The predicted octanol–water partition coefficient (Wildman–Crippen LogP) is 0.452. The molecular weight excluding hydrogens is 216 g/mol. The lowest BCUT2D eigenvalue weighted by atomic mass is 10.0. The minimum atomic E-state index is -0.131. The minimum absolute atomic E-state index is 0.0335. The largest absolute Gasteiger partial charge is 0.356 e. The smallest absolute Gasteiger partial charge is 0.224 e. The van der Waals surface area contributed by atoms with Gasteiger partial charge in [0.1, 0.15) is 0 Å². The molecule has 0 aliphatic rings. The van der Waals surface area contributed by atoms with Crippen LogP contribution in [0.1, 0.15) is 25.8 Å². The molecule has 0 radical (unpaired) electrons. The van der Waals surface area contributed by atoms with Gasteiger partial charge in [0.15, 0.2) is 0 Å². The number of nitrogens with zero attached hydrogens (tertiary/aromatic N) is 2. The van der Waals surface area contributed by atoms with E-state index in [4.69, 9.17) is 5.73 Å². The summed E-state index contributed by atoms with van der Waals surface area (Å²) in [7, 11) is 1.90. The lowest BCUT2D eigenvalue weighted by Gasteiger charge is -2.15. The van der Waals surface area contributed by atoms with Gasteiger partial charge in [-0.05, 0) is 25.3 Å². The number of nitrogens with two attached hydrogens (primary N) is 1. The molecule has 5 nitrogen and oxygen atoms in total. The van der Waals surface area contributed by atoms with Crippen molar-refractivity contribution in [2.45, 2.75) is 32.7 Å². The molecule has 0 aliphatic heterocycles. The number of hydrogen-bond donors (Lipinski definition) is 2. The molecule has 17 heavy (non-hydrogen) atoms. The summed E-state index contributed by atoms with van der Waals surface area (Å²) in [6.45, 7) is 4.38. The predicted molar refractivity (Wildman–Crippen MR) is 67.4 cm³/mol. The quantitative estimate of drug-likeness (QED) is 0.707. The van der Waals surface area contributed by atoms with Gasteiger partial charge in [-0.1, -0.05) is 6.92 Å². The van der Waals surface area contributed by atoms with Crippen molar-refractivity contribution in [2.75, 3.05) is 6.54 Å². The summed E-state index contributed by atoms with van der Waals surface area (Å²) < 4.78 is 1.78. The molecule has 1 aromatic heterocycles. The molecule has 5 heteroatoms. The Balaban J connectivity index is 2.18. The highest BCUT2D eigenvalue weighted by atomic mass is 16.1. The van der Waals surface area contributed by atoms with Crippen LogP contribution in [0.2, 0.25) is 0 Å². The van der Waals surface area contributed by atoms with E-state index < -0.39 is 0 Å². The molecule has 0 aromatic carbocycles. The molecule has 1 heterocycles. The third-order valence-corrected chi connectivity index (χ3v) is 2.90. The molecule has 2 atom stereocenters. The molecule has 0 saturated carbocycles. The maximum atomic E-state index is 11.6. The average Bonchev–Trinajstić information content (AvgIpc) is 2.69. The standard InChI is InChI=1S/C12H22N4O/c1-9(10(2)13)12(17)14-6-4-5-11-7-15-16(3)8-11/h7-10H,4-6,13H2,1-3H3,(H,14,17). The van der Waals surface area contributed by atoms with Crippen LogP contribution in [-0.4, -0.2) is 28.3 Å². The Morgan fingerprint density at radius 1 is 1.59 bits per heavy atom. The van der Waals surface area contributed by atoms with Crippen molar-refractivity contribution in [3.63, 3.8) is 0 Å². The van der Waals surface area contributed by atoms with Crippen LogP contribution in [0.25, 0.3) is 0 Å². The van der Waals surface area contributed by atoms with E-state index in [1.807, 2.05) is 33.3 Å². The zero-order valence-electron chi connectivity index (χ0n) is 10.8. The van der Waals surface area contributed by atoms with Gasteiger partial charge in [-0.25, -0.2) is 0 Å². The summed E-state index contributed by atoms with van der Waals surface area (Å²) in [5.41, 5.74) is 6.86. The lowest BCUT2D eigenvalue weighted by molar-refractivity contribution is -0.124. The Labute approximate surface area is 102 Å². The third kappa shape index (κ3) is 4.56. The fraction of sp³-hybridized carbons (Fsp3) is 0.667. The summed E-state index contributed by atoms with van der Waals surface area (Å²) >= 11 is 0. The van der Waals surface area contributed by atoms with Crippen LogP contribution in [0.5, 0.6) is 0 Å². The van der Waals surface area contributed by atoms with E-state index in [0.29, 0.717) is 6.54 Å². The SMILES string of the molecule is CC(N)C(C)C(=O)NCCCc1cnn(C)c1. The number of rotatable bonds is 6. The zero-order valence-corrected chi connectivity index (χ0v) is 10.8. The minimum Gasteiger partial charge on any atom is -0.356 e. The maximum Gasteiger partial charge on any atom is 0.224 e. The molecule has 0 fully saturated rings. The molecule has 1 amide bonds. The van der Waals surface area contributed by atoms with E-state index in [1.54, 1.807) is 4.68 Å². The van der Waals surface area contributed by atoms with Crippen LogP contribution < -0.4 is 11.1 Å². The van der Waals surface area contributed by atoms with Gasteiger partial charge in [-0.2, -0.15) is 5.10 Å². The maximum absolute atomic E-state index is 11.6. The molecule has 2 unspecified atom stereocenters. The zero-order chi connectivity index (χ0) is 12.8. The highest BCUT2D eigenvalue weighted by Gasteiger charge is 2.15. The summed E-state index contributed by atoms with van der Waals surface area (Å²) in [6.07, 6.45) is 5.70. The fourth-order valence-electron chi connectivity index (χ4n) is 1.50. The second-order valence-corrected chi connectivity index (χ2v) is 4.56. The first-order valence-electron chi connectivity index (χ1n) is 6.01. The summed E-state index contributed by atoms with van der Waals surface area (Å²) in [5, 5.41) is 6.99. The Morgan fingerprint density at radius 2 is 2.29 bits per heavy atom. The van der Waals surface area contributed by atoms with Gasteiger partial charge >= 0.3 is 0 Å². The molecule has 0 bridgehead atoms. The van der Waals surface area contributed by atoms with Crippen LogP contribution >= 0.6 is 0 Å². The van der Waals surface area contributed by atoms with Crippen LogP contribution in [-0.2, 0) is 18.3 Å². The van der Waals surface area contributed by atoms with E-state index in [1.165, 1.54) is 5.56 Å². The van der Waals surface area contributed by atoms with Crippen LogP contribution in [0.3, 0.4) is 0 Å². The van der Waals surface area contributed by atoms with Crippen molar-refractivity contribution in [3.05, 3.63) is 18.0 Å². The molecule has 1 rings (SSSR count). The van der Waals surface area contributed by atoms with E-state index in [-0.39, 0.29) is 17.9 Å². The number of carbonyl (C=O) groups excluding carboxylic acids is 1. The van der Waals surface area contributed by atoms with E-state index >= 15 is 0 Å². The fourth-order valence-corrected chi connectivity index (χ4v) is 1.50. The van der Waals surface area contributed by atoms with E-state index in [2.05, 4.69) is 10.4 Å². The molecular formula is C12H22N4O. The number of amides is 1. The average molecular weight is 238 g/mol. The molecule has 1 aromatic rings. The molecule has 96 valence electrons. The van der Waals surface area contributed by atoms with E-state index in [0.717, 1.165) is 12.8 Å². The number of hydrogen-bond acceptors (Lipinski definition) is 3. The van der Waals surface area contributed by atoms with Gasteiger partial charge < -0.3 is 11.1 Å². The van der Waals surface area contributed by atoms with Crippen molar-refractivity contribution in [1.82, 2.24) is 15.1 Å². The number of nitrogens with one attached hydrogen (secondary N) is 1. The first kappa shape index (κ1) is 13.7. The van der Waals surface area contributed by atoms with E-state index in [9.17, 15) is 4.79 Å². The van der Waals surface area contributed by atoms with Crippen molar-refractivity contribution in [3.8, 4) is 0 Å². The number of aromatic nitrogens is 2. The molecule has 0 aliphatic carbocycles. The Bertz CT molecular complexity index is 359. The molecule has 3 N–H and O–H groups in total. The number of carbonyl (C=O) groups is 1. The van der Waals surface area contributed by atoms with Crippen molar-refractivity contribution < 1.29 is 4.79 Å². The van der Waals surface area contributed by atoms with Crippen molar-refractivity contribution in [2.24, 2.45) is 18.7 Å². The van der Waals surface area contributed by atoms with Gasteiger partial charge in [-0.15, -0.1) is 0 Å². The van der Waals surface area contributed by atoms with Gasteiger partial charge in [-0.3, -0.25) is 9.48 Å². The first-order chi connectivity index (χ1) is 8.00. The lowest BCUT2D eigenvalue weighted by Crippen LogP contribution is -2.39. The molecule has 0 saturated heterocycles.